The largest absolute Gasteiger partial charge is 0.268 e. The first-order valence-corrected chi connectivity index (χ1v) is 4.94. The van der Waals surface area contributed by atoms with Gasteiger partial charge in [0.05, 0.1) is 16.7 Å². The van der Waals surface area contributed by atoms with Crippen LogP contribution in [0, 0.1) is 0 Å². The lowest BCUT2D eigenvalue weighted by Gasteiger charge is -2.10. The van der Waals surface area contributed by atoms with Gasteiger partial charge in [-0.15, -0.1) is 0 Å². The Morgan fingerprint density at radius 2 is 2.38 bits per heavy atom. The third-order valence-electron chi connectivity index (χ3n) is 2.32. The Morgan fingerprint density at radius 3 is 2.85 bits per heavy atom. The lowest BCUT2D eigenvalue weighted by Crippen LogP contribution is -2.12. The summed E-state index contributed by atoms with van der Waals surface area (Å²) in [7, 11) is 0. The van der Waals surface area contributed by atoms with Crippen molar-refractivity contribution in [2.24, 2.45) is 0 Å². The zero-order valence-electron chi connectivity index (χ0n) is 6.88. The zero-order valence-corrected chi connectivity index (χ0v) is 8.47. The first-order chi connectivity index (χ1) is 6.07. The molecule has 72 valence electrons. The molecule has 0 spiro atoms. The van der Waals surface area contributed by atoms with Crippen LogP contribution in [-0.4, -0.2) is 15.7 Å². The van der Waals surface area contributed by atoms with Crippen molar-refractivity contribution < 1.29 is 8.78 Å². The summed E-state index contributed by atoms with van der Waals surface area (Å²) in [6.07, 6.45) is 3.78. The van der Waals surface area contributed by atoms with Crippen LogP contribution in [-0.2, 0) is 0 Å². The molecule has 13 heavy (non-hydrogen) atoms. The molecule has 0 amide bonds. The van der Waals surface area contributed by atoms with Gasteiger partial charge in [0.2, 0.25) is 5.92 Å². The maximum absolute atomic E-state index is 12.8. The van der Waals surface area contributed by atoms with Crippen molar-refractivity contribution in [1.29, 1.82) is 0 Å². The zero-order chi connectivity index (χ0) is 9.47. The van der Waals surface area contributed by atoms with Crippen LogP contribution in [0.15, 0.2) is 16.9 Å². The van der Waals surface area contributed by atoms with Gasteiger partial charge in [-0.1, -0.05) is 0 Å². The number of hydrogen-bond acceptors (Lipinski definition) is 1. The van der Waals surface area contributed by atoms with E-state index in [4.69, 9.17) is 0 Å². The molecule has 0 bridgehead atoms. The molecule has 0 saturated heterocycles. The Kier molecular flexibility index (Phi) is 2.14. The van der Waals surface area contributed by atoms with E-state index in [2.05, 4.69) is 21.0 Å². The van der Waals surface area contributed by atoms with Gasteiger partial charge in [0.25, 0.3) is 0 Å². The second-order valence-corrected chi connectivity index (χ2v) is 4.31. The number of alkyl halides is 2. The van der Waals surface area contributed by atoms with Crippen molar-refractivity contribution >= 4 is 15.9 Å². The second kappa shape index (κ2) is 3.04. The molecule has 2 nitrogen and oxygen atoms in total. The number of nitrogens with zero attached hydrogens (tertiary/aromatic N) is 2. The van der Waals surface area contributed by atoms with Gasteiger partial charge in [-0.05, 0) is 22.4 Å². The average Bonchev–Trinajstić information content (AvgIpc) is 2.56. The van der Waals surface area contributed by atoms with Crippen molar-refractivity contribution in [3.05, 3.63) is 16.9 Å². The fourth-order valence-electron chi connectivity index (χ4n) is 1.67. The smallest absolute Gasteiger partial charge is 0.250 e. The quantitative estimate of drug-likeness (QED) is 0.750. The number of rotatable bonds is 1. The highest BCUT2D eigenvalue weighted by atomic mass is 79.9. The van der Waals surface area contributed by atoms with Gasteiger partial charge in [0.15, 0.2) is 0 Å². The molecule has 1 saturated carbocycles. The Morgan fingerprint density at radius 1 is 1.62 bits per heavy atom. The predicted molar refractivity (Wildman–Crippen MR) is 47.8 cm³/mol. The lowest BCUT2D eigenvalue weighted by molar-refractivity contribution is 0.00518. The topological polar surface area (TPSA) is 17.8 Å². The lowest BCUT2D eigenvalue weighted by atomic mass is 10.2. The van der Waals surface area contributed by atoms with Crippen molar-refractivity contribution in [2.45, 2.75) is 31.2 Å². The maximum atomic E-state index is 12.8. The molecule has 0 aromatic carbocycles. The van der Waals surface area contributed by atoms with E-state index in [9.17, 15) is 8.78 Å². The normalized spacial score (nSPS) is 26.5. The summed E-state index contributed by atoms with van der Waals surface area (Å²) in [6, 6.07) is -0.138. The first-order valence-electron chi connectivity index (χ1n) is 4.14. The summed E-state index contributed by atoms with van der Waals surface area (Å²) in [6.45, 7) is 0. The second-order valence-electron chi connectivity index (χ2n) is 3.39. The van der Waals surface area contributed by atoms with Crippen LogP contribution in [0.25, 0.3) is 0 Å². The van der Waals surface area contributed by atoms with E-state index in [0.717, 1.165) is 4.47 Å². The molecular weight excluding hydrogens is 242 g/mol. The van der Waals surface area contributed by atoms with E-state index in [0.29, 0.717) is 6.42 Å². The molecule has 0 N–H and O–H groups in total. The molecular formula is C8H9BrF2N2. The SMILES string of the molecule is FC1(F)CCC(n2cc(Br)cn2)C1. The standard InChI is InChI=1S/C8H9BrF2N2/c9-6-4-12-13(5-6)7-1-2-8(10,11)3-7/h4-5,7H,1-3H2. The first kappa shape index (κ1) is 9.12. The van der Waals surface area contributed by atoms with Crippen LogP contribution < -0.4 is 0 Å². The van der Waals surface area contributed by atoms with Gasteiger partial charge >= 0.3 is 0 Å². The van der Waals surface area contributed by atoms with E-state index in [1.54, 1.807) is 17.1 Å². The van der Waals surface area contributed by atoms with Crippen LogP contribution in [0.5, 0.6) is 0 Å². The Labute approximate surface area is 83.1 Å². The van der Waals surface area contributed by atoms with Crippen LogP contribution in [0.4, 0.5) is 8.78 Å². The summed E-state index contributed by atoms with van der Waals surface area (Å²) < 4.78 is 28.1. The molecule has 2 rings (SSSR count). The van der Waals surface area contributed by atoms with E-state index < -0.39 is 5.92 Å². The van der Waals surface area contributed by atoms with Crippen LogP contribution >= 0.6 is 15.9 Å². The van der Waals surface area contributed by atoms with Crippen molar-refractivity contribution in [1.82, 2.24) is 9.78 Å². The monoisotopic (exact) mass is 250 g/mol. The molecule has 1 heterocycles. The summed E-state index contributed by atoms with van der Waals surface area (Å²) in [5, 5.41) is 4.00. The van der Waals surface area contributed by atoms with Gasteiger partial charge in [0, 0.05) is 19.0 Å². The minimum Gasteiger partial charge on any atom is -0.268 e. The molecule has 1 aliphatic carbocycles. The minimum absolute atomic E-state index is 0.0187. The number of hydrogen-bond donors (Lipinski definition) is 0. The van der Waals surface area contributed by atoms with Crippen molar-refractivity contribution in [3.63, 3.8) is 0 Å². The molecule has 1 unspecified atom stereocenters. The highest BCUT2D eigenvalue weighted by Crippen LogP contribution is 2.41. The molecule has 0 radical (unpaired) electrons. The van der Waals surface area contributed by atoms with E-state index >= 15 is 0 Å². The summed E-state index contributed by atoms with van der Waals surface area (Å²) in [5.41, 5.74) is 0. The van der Waals surface area contributed by atoms with Gasteiger partial charge in [-0.25, -0.2) is 8.78 Å². The highest BCUT2D eigenvalue weighted by Gasteiger charge is 2.40. The Hall–Kier alpha value is -0.450. The van der Waals surface area contributed by atoms with Gasteiger partial charge in [-0.3, -0.25) is 4.68 Å². The fourth-order valence-corrected chi connectivity index (χ4v) is 1.97. The van der Waals surface area contributed by atoms with Crippen LogP contribution in [0.2, 0.25) is 0 Å². The third-order valence-corrected chi connectivity index (χ3v) is 2.73. The molecule has 1 atom stereocenters. The molecule has 5 heteroatoms. The molecule has 1 fully saturated rings. The minimum atomic E-state index is -2.50. The number of halogens is 3. The van der Waals surface area contributed by atoms with E-state index in [1.165, 1.54) is 0 Å². The average molecular weight is 251 g/mol. The molecule has 1 aromatic heterocycles. The van der Waals surface area contributed by atoms with Gasteiger partial charge in [-0.2, -0.15) is 5.10 Å². The van der Waals surface area contributed by atoms with Gasteiger partial charge < -0.3 is 0 Å². The van der Waals surface area contributed by atoms with E-state index in [1.807, 2.05) is 0 Å². The Balaban J connectivity index is 2.12. The van der Waals surface area contributed by atoms with E-state index in [-0.39, 0.29) is 18.9 Å². The molecule has 1 aliphatic rings. The summed E-state index contributed by atoms with van der Waals surface area (Å²) in [5.74, 6) is -2.50. The Bertz CT molecular complexity index is 311. The maximum Gasteiger partial charge on any atom is 0.250 e. The molecule has 1 aromatic rings. The fraction of sp³-hybridized carbons (Fsp3) is 0.625. The molecule has 0 aliphatic heterocycles. The number of aromatic nitrogens is 2. The van der Waals surface area contributed by atoms with Crippen molar-refractivity contribution in [2.75, 3.05) is 0 Å². The highest BCUT2D eigenvalue weighted by molar-refractivity contribution is 9.10. The van der Waals surface area contributed by atoms with Gasteiger partial charge in [0.1, 0.15) is 0 Å². The summed E-state index contributed by atoms with van der Waals surface area (Å²) in [4.78, 5) is 0. The van der Waals surface area contributed by atoms with Crippen LogP contribution in [0.1, 0.15) is 25.3 Å². The van der Waals surface area contributed by atoms with Crippen LogP contribution in [0.3, 0.4) is 0 Å². The third kappa shape index (κ3) is 1.90. The van der Waals surface area contributed by atoms with Crippen molar-refractivity contribution in [3.8, 4) is 0 Å². The summed E-state index contributed by atoms with van der Waals surface area (Å²) >= 11 is 3.24. The predicted octanol–water partition coefficient (Wildman–Crippen LogP) is 3.01.